The van der Waals surface area contributed by atoms with Crippen molar-refractivity contribution in [1.29, 1.82) is 0 Å². The largest absolute Gasteiger partial charge is 0.388 e. The molecule has 0 saturated carbocycles. The summed E-state index contributed by atoms with van der Waals surface area (Å²) in [7, 11) is 0. The highest BCUT2D eigenvalue weighted by molar-refractivity contribution is 8.02. The first-order valence-corrected chi connectivity index (χ1v) is 10.2. The van der Waals surface area contributed by atoms with Crippen LogP contribution in [0.3, 0.4) is 0 Å². The van der Waals surface area contributed by atoms with Crippen molar-refractivity contribution < 1.29 is 4.79 Å². The van der Waals surface area contributed by atoms with Crippen LogP contribution in [0.15, 0.2) is 52.1 Å². The van der Waals surface area contributed by atoms with Gasteiger partial charge in [-0.1, -0.05) is 12.1 Å². The number of hydrogen-bond acceptors (Lipinski definition) is 5. The summed E-state index contributed by atoms with van der Waals surface area (Å²) in [5, 5.41) is 10.7. The van der Waals surface area contributed by atoms with Crippen molar-refractivity contribution in [2.75, 3.05) is 24.2 Å². The number of fused-ring (bicyclic) bond motifs is 1. The summed E-state index contributed by atoms with van der Waals surface area (Å²) in [4.78, 5) is 18.2. The number of urea groups is 1. The standard InChI is InChI=1S/C19H26N6OS/c1-13(20)22-9-3-8-21-11-14-4-6-16(7-5-14)25-12-15-10-17(27-2)23-18(15)24-19(25)26/h4-7,10,12,18,21,23H,3,8-9,11H2,1-2H3,(H2,20,22)(H,24,26). The van der Waals surface area contributed by atoms with E-state index in [-0.39, 0.29) is 12.2 Å². The number of nitrogens with zero attached hydrogens (tertiary/aromatic N) is 2. The van der Waals surface area contributed by atoms with Crippen molar-refractivity contribution in [3.8, 4) is 0 Å². The second-order valence-corrected chi connectivity index (χ2v) is 7.31. The number of nitrogens with two attached hydrogens (primary N) is 1. The second-order valence-electron chi connectivity index (χ2n) is 6.46. The lowest BCUT2D eigenvalue weighted by atomic mass is 10.1. The molecule has 0 saturated heterocycles. The van der Waals surface area contributed by atoms with E-state index in [0.29, 0.717) is 5.84 Å². The van der Waals surface area contributed by atoms with Gasteiger partial charge < -0.3 is 21.7 Å². The van der Waals surface area contributed by atoms with Gasteiger partial charge in [-0.25, -0.2) is 4.79 Å². The van der Waals surface area contributed by atoms with Crippen molar-refractivity contribution in [2.45, 2.75) is 26.1 Å². The zero-order valence-electron chi connectivity index (χ0n) is 15.7. The Morgan fingerprint density at radius 2 is 2.11 bits per heavy atom. The van der Waals surface area contributed by atoms with Crippen LogP contribution in [0.1, 0.15) is 18.9 Å². The average Bonchev–Trinajstić information content (AvgIpc) is 3.06. The molecule has 0 aliphatic carbocycles. The Balaban J connectivity index is 1.55. The lowest BCUT2D eigenvalue weighted by Gasteiger charge is -2.29. The molecular formula is C19H26N6OS. The van der Waals surface area contributed by atoms with Crippen LogP contribution < -0.4 is 26.6 Å². The minimum Gasteiger partial charge on any atom is -0.388 e. The van der Waals surface area contributed by atoms with E-state index in [1.807, 2.05) is 36.7 Å². The molecule has 2 heterocycles. The molecule has 1 atom stereocenters. The zero-order chi connectivity index (χ0) is 19.2. The third-order valence-corrected chi connectivity index (χ3v) is 4.99. The number of rotatable bonds is 8. The molecular weight excluding hydrogens is 360 g/mol. The molecule has 0 bridgehead atoms. The van der Waals surface area contributed by atoms with Crippen LogP contribution in [0, 0.1) is 0 Å². The normalized spacial score (nSPS) is 19.2. The number of nitrogens with one attached hydrogen (secondary N) is 3. The van der Waals surface area contributed by atoms with Gasteiger partial charge in [-0.2, -0.15) is 0 Å². The average molecular weight is 387 g/mol. The van der Waals surface area contributed by atoms with Crippen molar-refractivity contribution in [3.05, 3.63) is 52.7 Å². The van der Waals surface area contributed by atoms with Gasteiger partial charge in [-0.05, 0) is 49.9 Å². The highest BCUT2D eigenvalue weighted by atomic mass is 32.2. The van der Waals surface area contributed by atoms with Gasteiger partial charge in [-0.15, -0.1) is 11.8 Å². The first-order valence-electron chi connectivity index (χ1n) is 8.96. The Labute approximate surface area is 164 Å². The molecule has 5 N–H and O–H groups in total. The molecule has 1 unspecified atom stereocenters. The SMILES string of the molecule is CSC1=CC2=CN(c3ccc(CNCCCN=C(C)N)cc3)C(=O)NC2N1. The number of carbonyl (C=O) groups excluding carboxylic acids is 1. The number of aliphatic imine (C=N–C) groups is 1. The Bertz CT molecular complexity index is 767. The van der Waals surface area contributed by atoms with Gasteiger partial charge in [0.1, 0.15) is 6.17 Å². The Kier molecular flexibility index (Phi) is 6.41. The molecule has 1 aromatic rings. The molecule has 144 valence electrons. The minimum absolute atomic E-state index is 0.131. The predicted octanol–water partition coefficient (Wildman–Crippen LogP) is 2.09. The molecule has 2 aliphatic heterocycles. The van der Waals surface area contributed by atoms with Crippen molar-refractivity contribution >= 4 is 29.3 Å². The van der Waals surface area contributed by atoms with E-state index in [1.54, 1.807) is 23.6 Å². The molecule has 3 rings (SSSR count). The minimum atomic E-state index is -0.132. The summed E-state index contributed by atoms with van der Waals surface area (Å²) in [6.45, 7) is 4.22. The molecule has 0 fully saturated rings. The summed E-state index contributed by atoms with van der Waals surface area (Å²) in [6, 6.07) is 7.89. The maximum atomic E-state index is 12.4. The van der Waals surface area contributed by atoms with Gasteiger partial charge in [0, 0.05) is 24.9 Å². The maximum Gasteiger partial charge on any atom is 0.327 e. The van der Waals surface area contributed by atoms with Gasteiger partial charge in [0.2, 0.25) is 0 Å². The number of hydrogen-bond donors (Lipinski definition) is 4. The van der Waals surface area contributed by atoms with Gasteiger partial charge in [0.05, 0.1) is 16.6 Å². The smallest absolute Gasteiger partial charge is 0.327 e. The van der Waals surface area contributed by atoms with Gasteiger partial charge in [0.25, 0.3) is 0 Å². The summed E-state index contributed by atoms with van der Waals surface area (Å²) in [6.07, 6.45) is 6.79. The maximum absolute atomic E-state index is 12.4. The first-order chi connectivity index (χ1) is 13.1. The molecule has 1 aromatic carbocycles. The molecule has 8 heteroatoms. The zero-order valence-corrected chi connectivity index (χ0v) is 16.5. The predicted molar refractivity (Wildman–Crippen MR) is 113 cm³/mol. The summed E-state index contributed by atoms with van der Waals surface area (Å²) < 4.78 is 0. The number of anilines is 1. The second kappa shape index (κ2) is 8.96. The van der Waals surface area contributed by atoms with Crippen molar-refractivity contribution in [1.82, 2.24) is 16.0 Å². The molecule has 7 nitrogen and oxygen atoms in total. The van der Waals surface area contributed by atoms with E-state index in [9.17, 15) is 4.79 Å². The van der Waals surface area contributed by atoms with Crippen LogP contribution in [0.2, 0.25) is 0 Å². The van der Waals surface area contributed by atoms with E-state index in [4.69, 9.17) is 5.73 Å². The van der Waals surface area contributed by atoms with Crippen LogP contribution in [0.25, 0.3) is 0 Å². The van der Waals surface area contributed by atoms with Crippen LogP contribution in [-0.4, -0.2) is 37.4 Å². The topological polar surface area (TPSA) is 94.8 Å². The molecule has 0 spiro atoms. The van der Waals surface area contributed by atoms with Crippen molar-refractivity contribution in [3.63, 3.8) is 0 Å². The number of thioether (sulfide) groups is 1. The fourth-order valence-electron chi connectivity index (χ4n) is 2.91. The van der Waals surface area contributed by atoms with Crippen LogP contribution in [0.4, 0.5) is 10.5 Å². The summed E-state index contributed by atoms with van der Waals surface area (Å²) in [5.41, 5.74) is 8.59. The highest BCUT2D eigenvalue weighted by Crippen LogP contribution is 2.27. The lowest BCUT2D eigenvalue weighted by molar-refractivity contribution is 0.244. The third kappa shape index (κ3) is 5.05. The van der Waals surface area contributed by atoms with E-state index in [2.05, 4.69) is 27.0 Å². The summed E-state index contributed by atoms with van der Waals surface area (Å²) >= 11 is 1.63. The number of carbonyl (C=O) groups is 1. The number of amides is 2. The molecule has 27 heavy (non-hydrogen) atoms. The van der Waals surface area contributed by atoms with E-state index >= 15 is 0 Å². The fraction of sp³-hybridized carbons (Fsp3) is 0.368. The highest BCUT2D eigenvalue weighted by Gasteiger charge is 2.30. The molecule has 0 aromatic heterocycles. The van der Waals surface area contributed by atoms with E-state index < -0.39 is 0 Å². The number of benzene rings is 1. The molecule has 0 radical (unpaired) electrons. The molecule has 2 aliphatic rings. The van der Waals surface area contributed by atoms with E-state index in [0.717, 1.165) is 42.3 Å². The van der Waals surface area contributed by atoms with Crippen LogP contribution in [0.5, 0.6) is 0 Å². The van der Waals surface area contributed by atoms with Gasteiger partial charge in [-0.3, -0.25) is 9.89 Å². The Morgan fingerprint density at radius 1 is 1.33 bits per heavy atom. The Hall–Kier alpha value is -2.45. The third-order valence-electron chi connectivity index (χ3n) is 4.32. The first kappa shape index (κ1) is 19.3. The van der Waals surface area contributed by atoms with Gasteiger partial charge >= 0.3 is 6.03 Å². The number of amidine groups is 1. The van der Waals surface area contributed by atoms with Crippen LogP contribution in [-0.2, 0) is 6.54 Å². The molecule has 2 amide bonds. The lowest BCUT2D eigenvalue weighted by Crippen LogP contribution is -2.51. The fourth-order valence-corrected chi connectivity index (χ4v) is 3.40. The summed E-state index contributed by atoms with van der Waals surface area (Å²) in [5.74, 6) is 0.627. The van der Waals surface area contributed by atoms with E-state index in [1.165, 1.54) is 5.56 Å². The quantitative estimate of drug-likeness (QED) is 0.312. The Morgan fingerprint density at radius 3 is 2.81 bits per heavy atom. The monoisotopic (exact) mass is 386 g/mol. The van der Waals surface area contributed by atoms with Crippen LogP contribution >= 0.6 is 11.8 Å². The van der Waals surface area contributed by atoms with Crippen molar-refractivity contribution in [2.24, 2.45) is 10.7 Å². The van der Waals surface area contributed by atoms with Gasteiger partial charge in [0.15, 0.2) is 0 Å².